The fourth-order valence-electron chi connectivity index (χ4n) is 4.54. The van der Waals surface area contributed by atoms with Crippen LogP contribution in [-0.4, -0.2) is 30.7 Å². The van der Waals surface area contributed by atoms with E-state index >= 15 is 0 Å². The second kappa shape index (κ2) is 8.93. The summed E-state index contributed by atoms with van der Waals surface area (Å²) in [6.45, 7) is 10.8. The van der Waals surface area contributed by atoms with Gasteiger partial charge in [0.1, 0.15) is 0 Å². The van der Waals surface area contributed by atoms with E-state index in [0.29, 0.717) is 29.1 Å². The van der Waals surface area contributed by atoms with Crippen LogP contribution in [0.1, 0.15) is 56.0 Å². The number of hydrogen-bond donors (Lipinski definition) is 1. The molecule has 0 unspecified atom stereocenters. The van der Waals surface area contributed by atoms with Crippen LogP contribution in [0.2, 0.25) is 0 Å². The molecule has 0 saturated carbocycles. The zero-order chi connectivity index (χ0) is 23.8. The van der Waals surface area contributed by atoms with Gasteiger partial charge in [-0.25, -0.2) is 4.79 Å². The fourth-order valence-corrected chi connectivity index (χ4v) is 4.54. The van der Waals surface area contributed by atoms with E-state index in [0.717, 1.165) is 43.6 Å². The topological polar surface area (TPSA) is 74.0 Å². The second-order valence-electron chi connectivity index (χ2n) is 9.73. The molecule has 0 amide bonds. The van der Waals surface area contributed by atoms with Crippen molar-refractivity contribution in [3.8, 4) is 0 Å². The van der Waals surface area contributed by atoms with Crippen molar-refractivity contribution in [2.24, 2.45) is 5.41 Å². The molecule has 0 aliphatic carbocycles. The minimum absolute atomic E-state index is 0.0796. The Bertz CT molecular complexity index is 1230. The Balaban J connectivity index is 1.90. The van der Waals surface area contributed by atoms with Crippen molar-refractivity contribution in [2.75, 3.05) is 29.4 Å². The van der Waals surface area contributed by atoms with Gasteiger partial charge in [0.25, 0.3) is 0 Å². The Labute approximate surface area is 194 Å². The molecule has 1 aromatic heterocycles. The van der Waals surface area contributed by atoms with Crippen LogP contribution in [0.5, 0.6) is 0 Å². The largest absolute Gasteiger partial charge is 0.478 e. The van der Waals surface area contributed by atoms with E-state index in [1.165, 1.54) is 0 Å². The van der Waals surface area contributed by atoms with Crippen LogP contribution >= 0.6 is 0 Å². The van der Waals surface area contributed by atoms with Gasteiger partial charge in [0.2, 0.25) is 0 Å². The van der Waals surface area contributed by atoms with E-state index < -0.39 is 5.97 Å². The van der Waals surface area contributed by atoms with Gasteiger partial charge in [-0.3, -0.25) is 4.79 Å². The summed E-state index contributed by atoms with van der Waals surface area (Å²) >= 11 is 0. The third-order valence-corrected chi connectivity index (χ3v) is 6.53. The summed E-state index contributed by atoms with van der Waals surface area (Å²) in [5, 5.41) is 10.3. The molecule has 0 spiro atoms. The van der Waals surface area contributed by atoms with Crippen molar-refractivity contribution in [1.82, 2.24) is 0 Å². The predicted molar refractivity (Wildman–Crippen MR) is 133 cm³/mol. The SMILES string of the molecule is CCCN(c1ccccc1C(=O)O)c1cc(C)cc2c(=O)cc(N3CCC(C)(C)CC3)oc12. The Hall–Kier alpha value is -3.28. The van der Waals surface area contributed by atoms with Crippen molar-refractivity contribution < 1.29 is 14.3 Å². The highest BCUT2D eigenvalue weighted by Crippen LogP contribution is 2.37. The highest BCUT2D eigenvalue weighted by molar-refractivity contribution is 5.99. The number of aryl methyl sites for hydroxylation is 1. The summed E-state index contributed by atoms with van der Waals surface area (Å²) in [6, 6.07) is 12.4. The molecule has 33 heavy (non-hydrogen) atoms. The average Bonchev–Trinajstić information content (AvgIpc) is 2.77. The molecule has 6 heteroatoms. The van der Waals surface area contributed by atoms with Gasteiger partial charge in [-0.2, -0.15) is 0 Å². The van der Waals surface area contributed by atoms with E-state index in [1.54, 1.807) is 18.2 Å². The lowest BCUT2D eigenvalue weighted by Crippen LogP contribution is -2.37. The minimum atomic E-state index is -0.985. The number of nitrogens with zero attached hydrogens (tertiary/aromatic N) is 2. The number of hydrogen-bond acceptors (Lipinski definition) is 5. The molecule has 0 bridgehead atoms. The van der Waals surface area contributed by atoms with Gasteiger partial charge in [0, 0.05) is 25.7 Å². The molecule has 2 heterocycles. The first-order chi connectivity index (χ1) is 15.7. The van der Waals surface area contributed by atoms with E-state index in [4.69, 9.17) is 4.42 Å². The molecule has 1 aliphatic heterocycles. The van der Waals surface area contributed by atoms with Gasteiger partial charge in [0.15, 0.2) is 16.9 Å². The van der Waals surface area contributed by atoms with Gasteiger partial charge in [-0.1, -0.05) is 32.9 Å². The van der Waals surface area contributed by atoms with Crippen LogP contribution in [0, 0.1) is 12.3 Å². The zero-order valence-corrected chi connectivity index (χ0v) is 19.9. The Kier molecular flexibility index (Phi) is 6.19. The number of aromatic carboxylic acids is 1. The Morgan fingerprint density at radius 1 is 1.12 bits per heavy atom. The number of carboxylic acids is 1. The lowest BCUT2D eigenvalue weighted by molar-refractivity contribution is 0.0697. The van der Waals surface area contributed by atoms with Crippen LogP contribution in [0.3, 0.4) is 0 Å². The third kappa shape index (κ3) is 4.61. The average molecular weight is 449 g/mol. The van der Waals surface area contributed by atoms with Gasteiger partial charge < -0.3 is 19.3 Å². The summed E-state index contributed by atoms with van der Waals surface area (Å²) in [7, 11) is 0. The molecule has 1 fully saturated rings. The van der Waals surface area contributed by atoms with Crippen molar-refractivity contribution in [1.29, 1.82) is 0 Å². The summed E-state index contributed by atoms with van der Waals surface area (Å²) < 4.78 is 6.42. The van der Waals surface area contributed by atoms with Gasteiger partial charge >= 0.3 is 5.97 Å². The maximum Gasteiger partial charge on any atom is 0.337 e. The number of carbonyl (C=O) groups is 1. The molecule has 1 aliphatic rings. The molecule has 4 rings (SSSR count). The van der Waals surface area contributed by atoms with E-state index in [-0.39, 0.29) is 16.4 Å². The molecule has 3 aromatic rings. The van der Waals surface area contributed by atoms with Crippen LogP contribution < -0.4 is 15.2 Å². The third-order valence-electron chi connectivity index (χ3n) is 6.53. The highest BCUT2D eigenvalue weighted by Gasteiger charge is 2.28. The number of fused-ring (bicyclic) bond motifs is 1. The normalized spacial score (nSPS) is 15.6. The molecular formula is C27H32N2O4. The van der Waals surface area contributed by atoms with Crippen LogP contribution in [0.15, 0.2) is 51.7 Å². The molecule has 0 radical (unpaired) electrons. The van der Waals surface area contributed by atoms with Crippen LogP contribution in [0.25, 0.3) is 11.0 Å². The first-order valence-electron chi connectivity index (χ1n) is 11.6. The first kappa shape index (κ1) is 22.9. The smallest absolute Gasteiger partial charge is 0.337 e. The van der Waals surface area contributed by atoms with E-state index in [9.17, 15) is 14.7 Å². The van der Waals surface area contributed by atoms with Gasteiger partial charge in [-0.15, -0.1) is 0 Å². The monoisotopic (exact) mass is 448 g/mol. The van der Waals surface area contributed by atoms with Gasteiger partial charge in [-0.05, 0) is 61.4 Å². The number of anilines is 3. The Morgan fingerprint density at radius 3 is 2.48 bits per heavy atom. The second-order valence-corrected chi connectivity index (χ2v) is 9.73. The molecule has 0 atom stereocenters. The zero-order valence-electron chi connectivity index (χ0n) is 19.9. The highest BCUT2D eigenvalue weighted by atomic mass is 16.4. The van der Waals surface area contributed by atoms with Crippen LogP contribution in [-0.2, 0) is 0 Å². The number of piperidine rings is 1. The number of rotatable bonds is 6. The maximum atomic E-state index is 13.2. The van der Waals surface area contributed by atoms with E-state index in [1.807, 2.05) is 43.0 Å². The molecule has 6 nitrogen and oxygen atoms in total. The quantitative estimate of drug-likeness (QED) is 0.500. The first-order valence-corrected chi connectivity index (χ1v) is 11.6. The lowest BCUT2D eigenvalue weighted by atomic mass is 9.83. The predicted octanol–water partition coefficient (Wildman–Crippen LogP) is 5.97. The molecular weight excluding hydrogens is 416 g/mol. The van der Waals surface area contributed by atoms with Crippen molar-refractivity contribution in [2.45, 2.75) is 47.0 Å². The van der Waals surface area contributed by atoms with Crippen molar-refractivity contribution in [3.63, 3.8) is 0 Å². The summed E-state index contributed by atoms with van der Waals surface area (Å²) in [6.07, 6.45) is 2.86. The number of para-hydroxylation sites is 1. The van der Waals surface area contributed by atoms with Gasteiger partial charge in [0.05, 0.1) is 22.3 Å². The Morgan fingerprint density at radius 2 is 1.82 bits per heavy atom. The summed E-state index contributed by atoms with van der Waals surface area (Å²) in [5.41, 5.74) is 3.16. The standard InChI is InChI=1S/C27H32N2O4/c1-5-12-29(21-9-7-6-8-19(21)26(31)32)22-16-18(2)15-20-23(30)17-24(33-25(20)22)28-13-10-27(3,4)11-14-28/h6-9,15-17H,5,10-14H2,1-4H3,(H,31,32). The van der Waals surface area contributed by atoms with E-state index in [2.05, 4.69) is 18.7 Å². The maximum absolute atomic E-state index is 13.2. The number of benzene rings is 2. The summed E-state index contributed by atoms with van der Waals surface area (Å²) in [4.78, 5) is 29.2. The summed E-state index contributed by atoms with van der Waals surface area (Å²) in [5.74, 6) is -0.405. The minimum Gasteiger partial charge on any atom is -0.478 e. The molecule has 1 saturated heterocycles. The molecule has 1 N–H and O–H groups in total. The van der Waals surface area contributed by atoms with Crippen molar-refractivity contribution >= 4 is 34.2 Å². The molecule has 174 valence electrons. The lowest BCUT2D eigenvalue weighted by Gasteiger charge is -2.37. The molecule has 2 aromatic carbocycles. The number of carboxylic acid groups (broad SMARTS) is 1. The van der Waals surface area contributed by atoms with Crippen molar-refractivity contribution in [3.05, 3.63) is 63.8 Å². The van der Waals surface area contributed by atoms with Crippen LogP contribution in [0.4, 0.5) is 17.3 Å². The fraction of sp³-hybridized carbons (Fsp3) is 0.407.